The van der Waals surface area contributed by atoms with E-state index in [4.69, 9.17) is 0 Å². The van der Waals surface area contributed by atoms with Gasteiger partial charge in [-0.1, -0.05) is 18.2 Å². The Balaban J connectivity index is 0.00000192. The van der Waals surface area contributed by atoms with Crippen molar-refractivity contribution in [2.45, 2.75) is 20.8 Å². The molecule has 2 aromatic rings. The highest BCUT2D eigenvalue weighted by atomic mass is 35.5. The molecule has 0 radical (unpaired) electrons. The number of halogens is 1. The number of nitrogens with one attached hydrogen (secondary N) is 2. The Bertz CT molecular complexity index is 704. The summed E-state index contributed by atoms with van der Waals surface area (Å²) in [4.78, 5) is 12.4. The van der Waals surface area contributed by atoms with Crippen molar-refractivity contribution in [2.75, 3.05) is 19.6 Å². The molecule has 1 aliphatic heterocycles. The van der Waals surface area contributed by atoms with Gasteiger partial charge in [0.05, 0.1) is 5.56 Å². The number of amides is 1. The molecule has 1 aliphatic rings. The summed E-state index contributed by atoms with van der Waals surface area (Å²) >= 11 is 0. The van der Waals surface area contributed by atoms with E-state index in [2.05, 4.69) is 34.3 Å². The molecule has 1 amide bonds. The molecular formula is C18H24ClN3O. The molecule has 2 N–H and O–H groups in total. The lowest BCUT2D eigenvalue weighted by Crippen LogP contribution is -2.48. The van der Waals surface area contributed by atoms with E-state index in [9.17, 15) is 4.79 Å². The Kier molecular flexibility index (Phi) is 5.50. The topological polar surface area (TPSA) is 46.1 Å². The number of hydrogen-bond donors (Lipinski definition) is 2. The molecule has 124 valence electrons. The molecule has 2 heterocycles. The van der Waals surface area contributed by atoms with Gasteiger partial charge in [0.2, 0.25) is 0 Å². The third kappa shape index (κ3) is 3.43. The zero-order valence-electron chi connectivity index (χ0n) is 13.8. The number of aromatic nitrogens is 1. The van der Waals surface area contributed by atoms with Gasteiger partial charge < -0.3 is 15.2 Å². The third-order valence-corrected chi connectivity index (χ3v) is 4.45. The Morgan fingerprint density at radius 2 is 1.96 bits per heavy atom. The molecule has 23 heavy (non-hydrogen) atoms. The summed E-state index contributed by atoms with van der Waals surface area (Å²) in [6, 6.07) is 10.2. The lowest BCUT2D eigenvalue weighted by Gasteiger charge is -2.27. The fourth-order valence-electron chi connectivity index (χ4n) is 3.00. The van der Waals surface area contributed by atoms with Crippen LogP contribution in [0.25, 0.3) is 5.69 Å². The van der Waals surface area contributed by atoms with Crippen LogP contribution >= 0.6 is 12.4 Å². The summed E-state index contributed by atoms with van der Waals surface area (Å²) < 4.78 is 2.16. The van der Waals surface area contributed by atoms with E-state index < -0.39 is 0 Å². The SMILES string of the molecule is Cc1ccccc1-n1c(C)cc(C(=O)NCC2CNC2)c1C.Cl. The van der Waals surface area contributed by atoms with Crippen LogP contribution in [-0.2, 0) is 0 Å². The largest absolute Gasteiger partial charge is 0.352 e. The molecule has 0 spiro atoms. The second kappa shape index (κ2) is 7.20. The molecule has 0 bridgehead atoms. The van der Waals surface area contributed by atoms with E-state index in [-0.39, 0.29) is 18.3 Å². The van der Waals surface area contributed by atoms with E-state index in [0.717, 1.165) is 42.3 Å². The first kappa shape index (κ1) is 17.6. The molecule has 1 aromatic heterocycles. The van der Waals surface area contributed by atoms with Gasteiger partial charge in [0, 0.05) is 42.6 Å². The van der Waals surface area contributed by atoms with Crippen molar-refractivity contribution in [1.29, 1.82) is 0 Å². The first-order valence-electron chi connectivity index (χ1n) is 7.82. The van der Waals surface area contributed by atoms with Crippen LogP contribution in [0.1, 0.15) is 27.3 Å². The van der Waals surface area contributed by atoms with E-state index in [1.54, 1.807) is 0 Å². The number of carbonyl (C=O) groups excluding carboxylic acids is 1. The highest BCUT2D eigenvalue weighted by Crippen LogP contribution is 2.23. The average Bonchev–Trinajstić information content (AvgIpc) is 2.73. The van der Waals surface area contributed by atoms with E-state index >= 15 is 0 Å². The van der Waals surface area contributed by atoms with Gasteiger partial charge in [-0.05, 0) is 38.5 Å². The van der Waals surface area contributed by atoms with Crippen LogP contribution in [0.5, 0.6) is 0 Å². The van der Waals surface area contributed by atoms with E-state index in [0.29, 0.717) is 5.92 Å². The minimum Gasteiger partial charge on any atom is -0.352 e. The van der Waals surface area contributed by atoms with Crippen molar-refractivity contribution in [3.8, 4) is 5.69 Å². The minimum absolute atomic E-state index is 0. The maximum Gasteiger partial charge on any atom is 0.253 e. The molecular weight excluding hydrogens is 310 g/mol. The van der Waals surface area contributed by atoms with Crippen molar-refractivity contribution < 1.29 is 4.79 Å². The lowest BCUT2D eigenvalue weighted by atomic mass is 10.0. The van der Waals surface area contributed by atoms with Crippen LogP contribution in [0.4, 0.5) is 0 Å². The first-order chi connectivity index (χ1) is 10.6. The Labute approximate surface area is 143 Å². The molecule has 1 fully saturated rings. The second-order valence-electron chi connectivity index (χ2n) is 6.14. The van der Waals surface area contributed by atoms with Gasteiger partial charge in [0.25, 0.3) is 5.91 Å². The van der Waals surface area contributed by atoms with E-state index in [1.807, 2.05) is 32.0 Å². The Hall–Kier alpha value is -1.78. The van der Waals surface area contributed by atoms with Gasteiger partial charge in [-0.2, -0.15) is 0 Å². The maximum absolute atomic E-state index is 12.4. The number of hydrogen-bond acceptors (Lipinski definition) is 2. The van der Waals surface area contributed by atoms with Gasteiger partial charge in [-0.15, -0.1) is 12.4 Å². The second-order valence-corrected chi connectivity index (χ2v) is 6.14. The molecule has 0 saturated carbocycles. The van der Waals surface area contributed by atoms with Crippen molar-refractivity contribution in [1.82, 2.24) is 15.2 Å². The predicted molar refractivity (Wildman–Crippen MR) is 95.9 cm³/mol. The van der Waals surface area contributed by atoms with Crippen molar-refractivity contribution in [3.63, 3.8) is 0 Å². The fraction of sp³-hybridized carbons (Fsp3) is 0.389. The predicted octanol–water partition coefficient (Wildman–Crippen LogP) is 2.77. The number of carbonyl (C=O) groups is 1. The average molecular weight is 334 g/mol. The van der Waals surface area contributed by atoms with Crippen molar-refractivity contribution in [3.05, 3.63) is 52.8 Å². The first-order valence-corrected chi connectivity index (χ1v) is 7.82. The van der Waals surface area contributed by atoms with E-state index in [1.165, 1.54) is 5.56 Å². The smallest absolute Gasteiger partial charge is 0.253 e. The zero-order valence-corrected chi connectivity index (χ0v) is 14.7. The van der Waals surface area contributed by atoms with Gasteiger partial charge in [-0.3, -0.25) is 4.79 Å². The summed E-state index contributed by atoms with van der Waals surface area (Å²) in [5.41, 5.74) is 5.20. The molecule has 1 saturated heterocycles. The fourth-order valence-corrected chi connectivity index (χ4v) is 3.00. The molecule has 0 unspecified atom stereocenters. The zero-order chi connectivity index (χ0) is 15.7. The standard InChI is InChI=1S/C18H23N3O.ClH/c1-12-6-4-5-7-17(12)21-13(2)8-16(14(21)3)18(22)20-11-15-9-19-10-15;/h4-8,15,19H,9-11H2,1-3H3,(H,20,22);1H. The van der Waals surface area contributed by atoms with Crippen LogP contribution < -0.4 is 10.6 Å². The normalized spacial score (nSPS) is 14.0. The number of nitrogens with zero attached hydrogens (tertiary/aromatic N) is 1. The summed E-state index contributed by atoms with van der Waals surface area (Å²) in [6.07, 6.45) is 0. The third-order valence-electron chi connectivity index (χ3n) is 4.45. The lowest BCUT2D eigenvalue weighted by molar-refractivity contribution is 0.0941. The monoisotopic (exact) mass is 333 g/mol. The Morgan fingerprint density at radius 1 is 1.26 bits per heavy atom. The van der Waals surface area contributed by atoms with Crippen molar-refractivity contribution in [2.24, 2.45) is 5.92 Å². The van der Waals surface area contributed by atoms with Gasteiger partial charge in [0.1, 0.15) is 0 Å². The van der Waals surface area contributed by atoms with Crippen LogP contribution in [-0.4, -0.2) is 30.1 Å². The number of benzene rings is 1. The molecule has 0 aliphatic carbocycles. The molecule has 0 atom stereocenters. The molecule has 3 rings (SSSR count). The maximum atomic E-state index is 12.4. The molecule has 5 heteroatoms. The summed E-state index contributed by atoms with van der Waals surface area (Å²) in [5, 5.41) is 6.28. The van der Waals surface area contributed by atoms with Gasteiger partial charge in [0.15, 0.2) is 0 Å². The Morgan fingerprint density at radius 3 is 2.57 bits per heavy atom. The minimum atomic E-state index is 0. The molecule has 4 nitrogen and oxygen atoms in total. The number of rotatable bonds is 4. The number of para-hydroxylation sites is 1. The number of aryl methyl sites for hydroxylation is 2. The van der Waals surface area contributed by atoms with Crippen LogP contribution in [0.2, 0.25) is 0 Å². The highest BCUT2D eigenvalue weighted by molar-refractivity contribution is 5.96. The van der Waals surface area contributed by atoms with Crippen LogP contribution in [0, 0.1) is 26.7 Å². The van der Waals surface area contributed by atoms with Crippen molar-refractivity contribution >= 4 is 18.3 Å². The van der Waals surface area contributed by atoms with Gasteiger partial charge >= 0.3 is 0 Å². The summed E-state index contributed by atoms with van der Waals surface area (Å²) in [5.74, 6) is 0.601. The molecule has 1 aromatic carbocycles. The summed E-state index contributed by atoms with van der Waals surface area (Å²) in [7, 11) is 0. The summed E-state index contributed by atoms with van der Waals surface area (Å²) in [6.45, 7) is 8.91. The quantitative estimate of drug-likeness (QED) is 0.903. The van der Waals surface area contributed by atoms with Crippen LogP contribution in [0.15, 0.2) is 30.3 Å². The van der Waals surface area contributed by atoms with Crippen LogP contribution in [0.3, 0.4) is 0 Å². The van der Waals surface area contributed by atoms with Gasteiger partial charge in [-0.25, -0.2) is 0 Å². The highest BCUT2D eigenvalue weighted by Gasteiger charge is 2.20.